The van der Waals surface area contributed by atoms with Crippen LogP contribution in [0.3, 0.4) is 0 Å². The molecular formula is C15H29N3O. The summed E-state index contributed by atoms with van der Waals surface area (Å²) in [6, 6.07) is 1.10. The van der Waals surface area contributed by atoms with Crippen LogP contribution in [0.5, 0.6) is 0 Å². The van der Waals surface area contributed by atoms with Crippen LogP contribution in [0, 0.1) is 11.8 Å². The Morgan fingerprint density at radius 3 is 2.26 bits per heavy atom. The first-order valence-electron chi connectivity index (χ1n) is 7.66. The van der Waals surface area contributed by atoms with Crippen molar-refractivity contribution < 1.29 is 4.79 Å². The van der Waals surface area contributed by atoms with Gasteiger partial charge in [0, 0.05) is 37.1 Å². The summed E-state index contributed by atoms with van der Waals surface area (Å²) in [7, 11) is 2.15. The predicted molar refractivity (Wildman–Crippen MR) is 77.7 cm³/mol. The Balaban J connectivity index is 2.02. The van der Waals surface area contributed by atoms with Gasteiger partial charge in [0.1, 0.15) is 0 Å². The number of amides is 1. The highest BCUT2D eigenvalue weighted by Crippen LogP contribution is 2.31. The molecule has 1 amide bonds. The zero-order valence-corrected chi connectivity index (χ0v) is 12.8. The van der Waals surface area contributed by atoms with Crippen LogP contribution in [0.15, 0.2) is 0 Å². The van der Waals surface area contributed by atoms with Gasteiger partial charge in [0.15, 0.2) is 0 Å². The number of likely N-dealkylation sites (N-methyl/N-ethyl adjacent to an activating group) is 1. The fraction of sp³-hybridized carbons (Fsp3) is 0.933. The second kappa shape index (κ2) is 5.80. The van der Waals surface area contributed by atoms with Crippen LogP contribution in [-0.2, 0) is 4.79 Å². The second-order valence-corrected chi connectivity index (χ2v) is 6.76. The zero-order valence-electron chi connectivity index (χ0n) is 12.8. The molecule has 0 bridgehead atoms. The maximum atomic E-state index is 12.8. The van der Waals surface area contributed by atoms with Crippen LogP contribution in [0.4, 0.5) is 0 Å². The molecule has 5 atom stereocenters. The third-order valence-corrected chi connectivity index (χ3v) is 5.22. The minimum absolute atomic E-state index is 0.145. The molecule has 1 aliphatic heterocycles. The van der Waals surface area contributed by atoms with Crippen molar-refractivity contribution >= 4 is 5.91 Å². The molecule has 4 heteroatoms. The van der Waals surface area contributed by atoms with Gasteiger partial charge in [0.05, 0.1) is 0 Å². The first-order valence-corrected chi connectivity index (χ1v) is 7.66. The number of hydrogen-bond acceptors (Lipinski definition) is 3. The number of carbonyl (C=O) groups is 1. The van der Waals surface area contributed by atoms with E-state index in [0.29, 0.717) is 23.9 Å². The van der Waals surface area contributed by atoms with Crippen LogP contribution in [-0.4, -0.2) is 54.0 Å². The van der Waals surface area contributed by atoms with Crippen molar-refractivity contribution in [3.8, 4) is 0 Å². The van der Waals surface area contributed by atoms with Gasteiger partial charge in [-0.05, 0) is 46.1 Å². The van der Waals surface area contributed by atoms with Crippen molar-refractivity contribution in [2.75, 3.05) is 20.1 Å². The SMILES string of the molecule is CC1CCC(N)CC1C(=O)N1CC(C)N(C)C(C)C1. The van der Waals surface area contributed by atoms with E-state index in [9.17, 15) is 4.79 Å². The lowest BCUT2D eigenvalue weighted by molar-refractivity contribution is -0.142. The van der Waals surface area contributed by atoms with E-state index in [2.05, 4.69) is 37.6 Å². The predicted octanol–water partition coefficient (Wildman–Crippen LogP) is 1.30. The van der Waals surface area contributed by atoms with Crippen LogP contribution in [0.1, 0.15) is 40.0 Å². The number of carbonyl (C=O) groups excluding carboxylic acids is 1. The number of nitrogens with zero attached hydrogens (tertiary/aromatic N) is 2. The van der Waals surface area contributed by atoms with Crippen molar-refractivity contribution in [2.24, 2.45) is 17.6 Å². The van der Waals surface area contributed by atoms with Crippen molar-refractivity contribution in [3.63, 3.8) is 0 Å². The molecule has 4 nitrogen and oxygen atoms in total. The molecule has 0 radical (unpaired) electrons. The number of nitrogens with two attached hydrogens (primary N) is 1. The highest BCUT2D eigenvalue weighted by atomic mass is 16.2. The van der Waals surface area contributed by atoms with E-state index in [4.69, 9.17) is 5.73 Å². The standard InChI is InChI=1S/C15H29N3O/c1-10-5-6-13(16)7-14(10)15(19)18-8-11(2)17(4)12(3)9-18/h10-14H,5-9,16H2,1-4H3. The van der Waals surface area contributed by atoms with Crippen LogP contribution >= 0.6 is 0 Å². The Hall–Kier alpha value is -0.610. The van der Waals surface area contributed by atoms with E-state index in [1.807, 2.05) is 0 Å². The Morgan fingerprint density at radius 2 is 1.68 bits per heavy atom. The quantitative estimate of drug-likeness (QED) is 0.779. The molecule has 2 aliphatic rings. The zero-order chi connectivity index (χ0) is 14.2. The lowest BCUT2D eigenvalue weighted by Crippen LogP contribution is -2.58. The van der Waals surface area contributed by atoms with Gasteiger partial charge < -0.3 is 10.6 Å². The normalized spacial score (nSPS) is 41.3. The van der Waals surface area contributed by atoms with Gasteiger partial charge in [-0.2, -0.15) is 0 Å². The Bertz CT molecular complexity index is 321. The van der Waals surface area contributed by atoms with Gasteiger partial charge in [0.2, 0.25) is 5.91 Å². The van der Waals surface area contributed by atoms with Crippen LogP contribution in [0.2, 0.25) is 0 Å². The molecule has 5 unspecified atom stereocenters. The summed E-state index contributed by atoms with van der Waals surface area (Å²) < 4.78 is 0. The second-order valence-electron chi connectivity index (χ2n) is 6.76. The Labute approximate surface area is 117 Å². The van der Waals surface area contributed by atoms with Crippen LogP contribution < -0.4 is 5.73 Å². The van der Waals surface area contributed by atoms with Crippen molar-refractivity contribution in [1.82, 2.24) is 9.80 Å². The third-order valence-electron chi connectivity index (χ3n) is 5.22. The molecule has 0 aromatic rings. The smallest absolute Gasteiger partial charge is 0.226 e. The van der Waals surface area contributed by atoms with E-state index in [-0.39, 0.29) is 12.0 Å². The maximum Gasteiger partial charge on any atom is 0.226 e. The van der Waals surface area contributed by atoms with Gasteiger partial charge in [-0.15, -0.1) is 0 Å². The molecule has 0 aromatic carbocycles. The molecule has 2 N–H and O–H groups in total. The van der Waals surface area contributed by atoms with E-state index < -0.39 is 0 Å². The topological polar surface area (TPSA) is 49.6 Å². The maximum absolute atomic E-state index is 12.8. The fourth-order valence-corrected chi connectivity index (χ4v) is 3.52. The largest absolute Gasteiger partial charge is 0.339 e. The van der Waals surface area contributed by atoms with Gasteiger partial charge >= 0.3 is 0 Å². The summed E-state index contributed by atoms with van der Waals surface area (Å²) in [4.78, 5) is 17.2. The first kappa shape index (κ1) is 14.8. The molecule has 0 aromatic heterocycles. The van der Waals surface area contributed by atoms with Crippen molar-refractivity contribution in [1.29, 1.82) is 0 Å². The number of hydrogen-bond donors (Lipinski definition) is 1. The summed E-state index contributed by atoms with van der Waals surface area (Å²) in [5.41, 5.74) is 6.05. The fourth-order valence-electron chi connectivity index (χ4n) is 3.52. The summed E-state index contributed by atoms with van der Waals surface area (Å²) in [5.74, 6) is 0.971. The van der Waals surface area contributed by atoms with E-state index >= 15 is 0 Å². The molecule has 2 fully saturated rings. The molecule has 2 rings (SSSR count). The van der Waals surface area contributed by atoms with E-state index in [0.717, 1.165) is 32.4 Å². The average molecular weight is 267 g/mol. The molecular weight excluding hydrogens is 238 g/mol. The summed E-state index contributed by atoms with van der Waals surface area (Å²) in [5, 5.41) is 0. The third kappa shape index (κ3) is 3.11. The number of rotatable bonds is 1. The van der Waals surface area contributed by atoms with Gasteiger partial charge in [-0.1, -0.05) is 6.92 Å². The Morgan fingerprint density at radius 1 is 1.11 bits per heavy atom. The van der Waals surface area contributed by atoms with E-state index in [1.54, 1.807) is 0 Å². The Kier molecular flexibility index (Phi) is 4.51. The molecule has 1 heterocycles. The summed E-state index contributed by atoms with van der Waals surface area (Å²) in [6.07, 6.45) is 3.03. The van der Waals surface area contributed by atoms with Gasteiger partial charge in [-0.25, -0.2) is 0 Å². The van der Waals surface area contributed by atoms with Gasteiger partial charge in [-0.3, -0.25) is 9.69 Å². The molecule has 1 aliphatic carbocycles. The highest BCUT2D eigenvalue weighted by molar-refractivity contribution is 5.79. The summed E-state index contributed by atoms with van der Waals surface area (Å²) in [6.45, 7) is 8.32. The molecule has 1 saturated heterocycles. The number of piperazine rings is 1. The minimum atomic E-state index is 0.145. The van der Waals surface area contributed by atoms with Gasteiger partial charge in [0.25, 0.3) is 0 Å². The molecule has 1 saturated carbocycles. The highest BCUT2D eigenvalue weighted by Gasteiger charge is 2.37. The average Bonchev–Trinajstić information content (AvgIpc) is 2.37. The lowest BCUT2D eigenvalue weighted by Gasteiger charge is -2.44. The van der Waals surface area contributed by atoms with E-state index in [1.165, 1.54) is 0 Å². The molecule has 19 heavy (non-hydrogen) atoms. The van der Waals surface area contributed by atoms with Crippen molar-refractivity contribution in [2.45, 2.75) is 58.2 Å². The molecule has 110 valence electrons. The minimum Gasteiger partial charge on any atom is -0.339 e. The lowest BCUT2D eigenvalue weighted by atomic mass is 9.77. The summed E-state index contributed by atoms with van der Waals surface area (Å²) >= 11 is 0. The molecule has 0 spiro atoms. The van der Waals surface area contributed by atoms with Crippen LogP contribution in [0.25, 0.3) is 0 Å². The first-order chi connectivity index (χ1) is 8.90. The van der Waals surface area contributed by atoms with Crippen molar-refractivity contribution in [3.05, 3.63) is 0 Å². The monoisotopic (exact) mass is 267 g/mol.